The maximum Gasteiger partial charge on any atom is 0.407 e. The zero-order valence-corrected chi connectivity index (χ0v) is 13.6. The number of methoxy groups -OCH3 is 1. The summed E-state index contributed by atoms with van der Waals surface area (Å²) < 4.78 is 9.92. The van der Waals surface area contributed by atoms with Gasteiger partial charge < -0.3 is 14.8 Å². The van der Waals surface area contributed by atoms with E-state index in [9.17, 15) is 9.59 Å². The largest absolute Gasteiger partial charge is 0.468 e. The molecule has 21 heavy (non-hydrogen) atoms. The van der Waals surface area contributed by atoms with Gasteiger partial charge in [0.05, 0.1) is 13.7 Å². The van der Waals surface area contributed by atoms with Crippen LogP contribution in [0.4, 0.5) is 4.79 Å². The lowest BCUT2D eigenvalue weighted by molar-refractivity contribution is -0.140. The second-order valence-corrected chi connectivity index (χ2v) is 6.63. The van der Waals surface area contributed by atoms with Gasteiger partial charge in [0.2, 0.25) is 0 Å². The number of carbonyl (C=O) groups excluding carboxylic acids is 2. The fourth-order valence-electron chi connectivity index (χ4n) is 2.53. The number of ether oxygens (including phenoxy) is 2. The summed E-state index contributed by atoms with van der Waals surface area (Å²) in [5.74, 6) is -0.294. The second-order valence-electron chi connectivity index (χ2n) is 6.63. The third kappa shape index (κ3) is 6.80. The summed E-state index contributed by atoms with van der Waals surface area (Å²) in [4.78, 5) is 23.1. The highest BCUT2D eigenvalue weighted by atomic mass is 16.6. The van der Waals surface area contributed by atoms with Crippen LogP contribution in [0.25, 0.3) is 0 Å². The fraction of sp³-hybridized carbons (Fsp3) is 0.867. The molecule has 122 valence electrons. The highest BCUT2D eigenvalue weighted by Gasteiger charge is 2.33. The van der Waals surface area contributed by atoms with Crippen molar-refractivity contribution < 1.29 is 19.1 Å². The molecular weight excluding hydrogens is 272 g/mol. The van der Waals surface area contributed by atoms with E-state index in [1.54, 1.807) is 0 Å². The number of rotatable bonds is 5. The molecular formula is C15H28N2O4. The van der Waals surface area contributed by atoms with E-state index in [4.69, 9.17) is 4.74 Å². The molecule has 1 saturated carbocycles. The molecule has 0 atom stereocenters. The zero-order chi connectivity index (χ0) is 15.9. The van der Waals surface area contributed by atoms with Crippen molar-refractivity contribution >= 4 is 12.1 Å². The summed E-state index contributed by atoms with van der Waals surface area (Å²) in [5.41, 5.74) is -0.757. The molecule has 0 radical (unpaired) electrons. The van der Waals surface area contributed by atoms with E-state index in [2.05, 4.69) is 15.4 Å². The molecule has 0 aromatic heterocycles. The van der Waals surface area contributed by atoms with Crippen LogP contribution in [0.2, 0.25) is 0 Å². The Labute approximate surface area is 126 Å². The third-order valence-electron chi connectivity index (χ3n) is 3.62. The first kappa shape index (κ1) is 17.8. The van der Waals surface area contributed by atoms with Gasteiger partial charge in [0, 0.05) is 12.1 Å². The standard InChI is InChI=1S/C15H28N2O4/c1-14(2,3)21-13(19)16-11-15(8-6-5-7-9-15)17-10-12(18)20-4/h17H,5-11H2,1-4H3,(H,16,19). The average molecular weight is 300 g/mol. The quantitative estimate of drug-likeness (QED) is 0.759. The summed E-state index contributed by atoms with van der Waals surface area (Å²) in [6.45, 7) is 6.11. The molecule has 2 N–H and O–H groups in total. The molecule has 0 bridgehead atoms. The predicted molar refractivity (Wildman–Crippen MR) is 80.1 cm³/mol. The smallest absolute Gasteiger partial charge is 0.407 e. The van der Waals surface area contributed by atoms with Crippen LogP contribution in [-0.2, 0) is 14.3 Å². The van der Waals surface area contributed by atoms with Gasteiger partial charge in [-0.3, -0.25) is 10.1 Å². The Morgan fingerprint density at radius 1 is 1.14 bits per heavy atom. The summed E-state index contributed by atoms with van der Waals surface area (Å²) in [7, 11) is 1.37. The number of hydrogen-bond acceptors (Lipinski definition) is 5. The van der Waals surface area contributed by atoms with Crippen LogP contribution < -0.4 is 10.6 Å². The minimum Gasteiger partial charge on any atom is -0.468 e. The van der Waals surface area contributed by atoms with E-state index in [0.29, 0.717) is 6.54 Å². The molecule has 0 saturated heterocycles. The first-order valence-corrected chi connectivity index (χ1v) is 7.55. The second kappa shape index (κ2) is 7.64. The molecule has 1 aliphatic carbocycles. The van der Waals surface area contributed by atoms with Crippen molar-refractivity contribution in [1.29, 1.82) is 0 Å². The van der Waals surface area contributed by atoms with Crippen LogP contribution in [-0.4, -0.2) is 43.4 Å². The lowest BCUT2D eigenvalue weighted by atomic mass is 9.81. The number of alkyl carbamates (subject to hydrolysis) is 1. The molecule has 1 aliphatic rings. The number of nitrogens with one attached hydrogen (secondary N) is 2. The van der Waals surface area contributed by atoms with Crippen molar-refractivity contribution in [1.82, 2.24) is 10.6 Å². The Morgan fingerprint density at radius 3 is 2.29 bits per heavy atom. The predicted octanol–water partition coefficient (Wildman–Crippen LogP) is 1.98. The van der Waals surface area contributed by atoms with E-state index in [1.807, 2.05) is 20.8 Å². The average Bonchev–Trinajstić information content (AvgIpc) is 2.42. The lowest BCUT2D eigenvalue weighted by Gasteiger charge is -2.38. The molecule has 6 nitrogen and oxygen atoms in total. The van der Waals surface area contributed by atoms with Crippen LogP contribution >= 0.6 is 0 Å². The van der Waals surface area contributed by atoms with Crippen molar-refractivity contribution in [2.45, 2.75) is 64.0 Å². The maximum atomic E-state index is 11.8. The van der Waals surface area contributed by atoms with E-state index >= 15 is 0 Å². The van der Waals surface area contributed by atoms with Crippen LogP contribution in [0, 0.1) is 0 Å². The molecule has 0 aliphatic heterocycles. The Morgan fingerprint density at radius 2 is 1.76 bits per heavy atom. The molecule has 6 heteroatoms. The lowest BCUT2D eigenvalue weighted by Crippen LogP contribution is -2.56. The van der Waals surface area contributed by atoms with E-state index in [0.717, 1.165) is 25.7 Å². The van der Waals surface area contributed by atoms with Crippen LogP contribution in [0.15, 0.2) is 0 Å². The van der Waals surface area contributed by atoms with Gasteiger partial charge in [-0.1, -0.05) is 19.3 Å². The fourth-order valence-corrected chi connectivity index (χ4v) is 2.53. The first-order chi connectivity index (χ1) is 9.76. The molecule has 0 aromatic carbocycles. The molecule has 1 amide bonds. The van der Waals surface area contributed by atoms with Crippen molar-refractivity contribution in [2.75, 3.05) is 20.2 Å². The van der Waals surface area contributed by atoms with Crippen molar-refractivity contribution in [2.24, 2.45) is 0 Å². The number of amides is 1. The first-order valence-electron chi connectivity index (χ1n) is 7.55. The van der Waals surface area contributed by atoms with Crippen LogP contribution in [0.5, 0.6) is 0 Å². The summed E-state index contributed by atoms with van der Waals surface area (Å²) in [6.07, 6.45) is 4.80. The molecule has 0 aromatic rings. The van der Waals surface area contributed by atoms with Gasteiger partial charge in [0.25, 0.3) is 0 Å². The Hall–Kier alpha value is -1.30. The molecule has 0 spiro atoms. The SMILES string of the molecule is COC(=O)CNC1(CNC(=O)OC(C)(C)C)CCCCC1. The highest BCUT2D eigenvalue weighted by Crippen LogP contribution is 2.27. The topological polar surface area (TPSA) is 76.7 Å². The van der Waals surface area contributed by atoms with E-state index < -0.39 is 11.7 Å². The number of hydrogen-bond donors (Lipinski definition) is 2. The zero-order valence-electron chi connectivity index (χ0n) is 13.6. The summed E-state index contributed by atoms with van der Waals surface area (Å²) in [6, 6.07) is 0. The Balaban J connectivity index is 2.53. The normalized spacial score (nSPS) is 17.9. The number of carbonyl (C=O) groups is 2. The van der Waals surface area contributed by atoms with Gasteiger partial charge in [0.1, 0.15) is 5.60 Å². The van der Waals surface area contributed by atoms with E-state index in [1.165, 1.54) is 13.5 Å². The summed E-state index contributed by atoms with van der Waals surface area (Å²) >= 11 is 0. The molecule has 0 unspecified atom stereocenters. The highest BCUT2D eigenvalue weighted by molar-refractivity contribution is 5.71. The minimum atomic E-state index is -0.511. The summed E-state index contributed by atoms with van der Waals surface area (Å²) in [5, 5.41) is 6.07. The van der Waals surface area contributed by atoms with Gasteiger partial charge in [0.15, 0.2) is 0 Å². The van der Waals surface area contributed by atoms with Crippen molar-refractivity contribution in [3.63, 3.8) is 0 Å². The molecule has 0 heterocycles. The van der Waals surface area contributed by atoms with Crippen molar-refractivity contribution in [3.8, 4) is 0 Å². The van der Waals surface area contributed by atoms with Gasteiger partial charge >= 0.3 is 12.1 Å². The number of esters is 1. The van der Waals surface area contributed by atoms with Gasteiger partial charge in [-0.2, -0.15) is 0 Å². The molecule has 1 fully saturated rings. The van der Waals surface area contributed by atoms with Gasteiger partial charge in [-0.25, -0.2) is 4.79 Å². The van der Waals surface area contributed by atoms with Gasteiger partial charge in [-0.05, 0) is 33.6 Å². The monoisotopic (exact) mass is 300 g/mol. The molecule has 1 rings (SSSR count). The van der Waals surface area contributed by atoms with E-state index in [-0.39, 0.29) is 18.1 Å². The third-order valence-corrected chi connectivity index (χ3v) is 3.62. The van der Waals surface area contributed by atoms with Crippen LogP contribution in [0.3, 0.4) is 0 Å². The van der Waals surface area contributed by atoms with Crippen LogP contribution in [0.1, 0.15) is 52.9 Å². The van der Waals surface area contributed by atoms with Gasteiger partial charge in [-0.15, -0.1) is 0 Å². The minimum absolute atomic E-state index is 0.159. The Bertz CT molecular complexity index is 357. The maximum absolute atomic E-state index is 11.8. The van der Waals surface area contributed by atoms with Crippen molar-refractivity contribution in [3.05, 3.63) is 0 Å². The Kier molecular flexibility index (Phi) is 6.45.